The number of benzene rings is 2. The average molecular weight is 469 g/mol. The topological polar surface area (TPSA) is 0 Å². The Hall–Kier alpha value is -2.08. The quantitative estimate of drug-likeness (QED) is 0.418. The highest BCUT2D eigenvalue weighted by molar-refractivity contribution is 5.80. The molecule has 2 unspecified atom stereocenters. The number of hydrogen-bond donors (Lipinski definition) is 0. The monoisotopic (exact) mass is 468 g/mol. The maximum atomic E-state index is 2.52. The lowest BCUT2D eigenvalue weighted by Gasteiger charge is -2.32. The molecule has 0 radical (unpaired) electrons. The third-order valence-electron chi connectivity index (χ3n) is 8.69. The van der Waals surface area contributed by atoms with Gasteiger partial charge in [-0.25, -0.2) is 0 Å². The molecule has 2 atom stereocenters. The van der Waals surface area contributed by atoms with Crippen molar-refractivity contribution in [3.05, 3.63) is 82.0 Å². The SMILES string of the molecule is CCC(C(C)C1=CC(C(C)(C)C)=CC1)C1c2ccc(C(C)(C)C)cc2-c2cc(C(C)(C)C)ccc21. The second kappa shape index (κ2) is 8.79. The van der Waals surface area contributed by atoms with E-state index in [0.717, 1.165) is 6.42 Å². The highest BCUT2D eigenvalue weighted by Crippen LogP contribution is 2.54. The Kier molecular flexibility index (Phi) is 6.53. The van der Waals surface area contributed by atoms with E-state index in [9.17, 15) is 0 Å². The number of rotatable bonds is 4. The predicted octanol–water partition coefficient (Wildman–Crippen LogP) is 10.4. The molecule has 0 spiro atoms. The van der Waals surface area contributed by atoms with E-state index in [1.807, 2.05) is 0 Å². The molecule has 0 amide bonds. The van der Waals surface area contributed by atoms with E-state index < -0.39 is 0 Å². The molecule has 2 aliphatic carbocycles. The molecule has 0 aromatic heterocycles. The summed E-state index contributed by atoms with van der Waals surface area (Å²) in [7, 11) is 0. The van der Waals surface area contributed by atoms with Gasteiger partial charge in [-0.3, -0.25) is 0 Å². The van der Waals surface area contributed by atoms with Crippen molar-refractivity contribution in [2.75, 3.05) is 0 Å². The predicted molar refractivity (Wildman–Crippen MR) is 154 cm³/mol. The first-order valence-corrected chi connectivity index (χ1v) is 13.8. The molecule has 0 aliphatic heterocycles. The molecule has 0 nitrogen and oxygen atoms in total. The molecule has 2 aliphatic rings. The van der Waals surface area contributed by atoms with E-state index >= 15 is 0 Å². The molecule has 2 aromatic carbocycles. The van der Waals surface area contributed by atoms with Gasteiger partial charge in [0.15, 0.2) is 0 Å². The van der Waals surface area contributed by atoms with Crippen molar-refractivity contribution in [1.29, 1.82) is 0 Å². The van der Waals surface area contributed by atoms with Crippen molar-refractivity contribution in [2.45, 2.75) is 106 Å². The van der Waals surface area contributed by atoms with Crippen LogP contribution in [0.2, 0.25) is 0 Å². The molecule has 188 valence electrons. The Balaban J connectivity index is 1.83. The molecule has 0 N–H and O–H groups in total. The Morgan fingerprint density at radius 3 is 1.60 bits per heavy atom. The molecule has 0 saturated heterocycles. The summed E-state index contributed by atoms with van der Waals surface area (Å²) in [6, 6.07) is 14.7. The summed E-state index contributed by atoms with van der Waals surface area (Å²) in [6.45, 7) is 25.9. The Labute approximate surface area is 215 Å². The molecule has 0 fully saturated rings. The lowest BCUT2D eigenvalue weighted by atomic mass is 9.72. The zero-order valence-electron chi connectivity index (χ0n) is 24.3. The summed E-state index contributed by atoms with van der Waals surface area (Å²) >= 11 is 0. The minimum atomic E-state index is 0.149. The molecule has 0 heteroatoms. The number of allylic oxidation sites excluding steroid dienone is 4. The normalized spacial score (nSPS) is 18.1. The van der Waals surface area contributed by atoms with Crippen molar-refractivity contribution in [3.8, 4) is 11.1 Å². The third kappa shape index (κ3) is 4.83. The van der Waals surface area contributed by atoms with Crippen molar-refractivity contribution < 1.29 is 0 Å². The van der Waals surface area contributed by atoms with Gasteiger partial charge in [-0.2, -0.15) is 0 Å². The van der Waals surface area contributed by atoms with Crippen LogP contribution in [0.5, 0.6) is 0 Å². The molecule has 4 rings (SSSR count). The van der Waals surface area contributed by atoms with E-state index in [-0.39, 0.29) is 16.2 Å². The Bertz CT molecular complexity index is 1100. The van der Waals surface area contributed by atoms with Gasteiger partial charge < -0.3 is 0 Å². The van der Waals surface area contributed by atoms with Crippen molar-refractivity contribution in [2.24, 2.45) is 17.3 Å². The van der Waals surface area contributed by atoms with Gasteiger partial charge in [-0.15, -0.1) is 0 Å². The van der Waals surface area contributed by atoms with Gasteiger partial charge in [0.2, 0.25) is 0 Å². The third-order valence-corrected chi connectivity index (χ3v) is 8.69. The fraction of sp³-hybridized carbons (Fsp3) is 0.543. The first kappa shape index (κ1) is 26.0. The maximum absolute atomic E-state index is 2.52. The van der Waals surface area contributed by atoms with Gasteiger partial charge in [0.05, 0.1) is 0 Å². The van der Waals surface area contributed by atoms with Crippen molar-refractivity contribution >= 4 is 0 Å². The summed E-state index contributed by atoms with van der Waals surface area (Å²) in [5, 5.41) is 0. The van der Waals surface area contributed by atoms with Crippen LogP contribution in [0.4, 0.5) is 0 Å². The van der Waals surface area contributed by atoms with Gasteiger partial charge >= 0.3 is 0 Å². The Morgan fingerprint density at radius 2 is 1.23 bits per heavy atom. The van der Waals surface area contributed by atoms with Crippen LogP contribution in [0.3, 0.4) is 0 Å². The van der Waals surface area contributed by atoms with Crippen LogP contribution in [0.25, 0.3) is 11.1 Å². The van der Waals surface area contributed by atoms with E-state index in [1.54, 1.807) is 16.7 Å². The number of fused-ring (bicyclic) bond motifs is 3. The molecule has 0 saturated carbocycles. The second-order valence-corrected chi connectivity index (χ2v) is 14.3. The smallest absolute Gasteiger partial charge is 0.0135 e. The van der Waals surface area contributed by atoms with Crippen molar-refractivity contribution in [3.63, 3.8) is 0 Å². The van der Waals surface area contributed by atoms with E-state index in [2.05, 4.69) is 125 Å². The fourth-order valence-electron chi connectivity index (χ4n) is 6.22. The van der Waals surface area contributed by atoms with Crippen LogP contribution in [-0.4, -0.2) is 0 Å². The summed E-state index contributed by atoms with van der Waals surface area (Å²) in [6.07, 6.45) is 7.30. The summed E-state index contributed by atoms with van der Waals surface area (Å²) < 4.78 is 0. The molecule has 0 bridgehead atoms. The van der Waals surface area contributed by atoms with Gasteiger partial charge in [0.1, 0.15) is 0 Å². The molecular weight excluding hydrogens is 420 g/mol. The maximum Gasteiger partial charge on any atom is 0.0135 e. The van der Waals surface area contributed by atoms with E-state index in [0.29, 0.717) is 17.8 Å². The molecule has 35 heavy (non-hydrogen) atoms. The Morgan fingerprint density at radius 1 is 0.743 bits per heavy atom. The van der Waals surface area contributed by atoms with Crippen molar-refractivity contribution in [1.82, 2.24) is 0 Å². The number of hydrogen-bond acceptors (Lipinski definition) is 0. The zero-order chi connectivity index (χ0) is 25.9. The largest absolute Gasteiger partial charge is 0.0767 e. The average Bonchev–Trinajstić information content (AvgIpc) is 3.36. The van der Waals surface area contributed by atoms with E-state index in [1.165, 1.54) is 34.2 Å². The van der Waals surface area contributed by atoms with Crippen LogP contribution in [0.15, 0.2) is 59.7 Å². The standard InChI is InChI=1S/C35H48/c1-12-27(22(2)23-13-14-24(19-23)33(3,4)5)32-28-17-15-25(34(6,7)8)20-30(28)31-21-26(35(9,10)11)16-18-29(31)32/h14-22,27,32H,12-13H2,1-11H3. The molecule has 0 heterocycles. The summed E-state index contributed by atoms with van der Waals surface area (Å²) in [5.74, 6) is 1.61. The minimum absolute atomic E-state index is 0.149. The van der Waals surface area contributed by atoms with Crippen LogP contribution in [-0.2, 0) is 10.8 Å². The van der Waals surface area contributed by atoms with Crippen LogP contribution < -0.4 is 0 Å². The lowest BCUT2D eigenvalue weighted by Crippen LogP contribution is -2.21. The second-order valence-electron chi connectivity index (χ2n) is 14.3. The first-order valence-electron chi connectivity index (χ1n) is 13.8. The van der Waals surface area contributed by atoms with Gasteiger partial charge in [0, 0.05) is 5.92 Å². The zero-order valence-corrected chi connectivity index (χ0v) is 24.3. The lowest BCUT2D eigenvalue weighted by molar-refractivity contribution is 0.352. The molecular formula is C35H48. The summed E-state index contributed by atoms with van der Waals surface area (Å²) in [5.41, 5.74) is 12.5. The van der Waals surface area contributed by atoms with Crippen LogP contribution in [0, 0.1) is 17.3 Å². The van der Waals surface area contributed by atoms with Gasteiger partial charge in [-0.05, 0) is 73.5 Å². The fourth-order valence-corrected chi connectivity index (χ4v) is 6.22. The van der Waals surface area contributed by atoms with Crippen LogP contribution >= 0.6 is 0 Å². The highest BCUT2D eigenvalue weighted by Gasteiger charge is 2.38. The van der Waals surface area contributed by atoms with E-state index in [4.69, 9.17) is 0 Å². The first-order chi connectivity index (χ1) is 16.1. The molecule has 2 aromatic rings. The summed E-state index contributed by atoms with van der Waals surface area (Å²) in [4.78, 5) is 0. The minimum Gasteiger partial charge on any atom is -0.0767 e. The highest BCUT2D eigenvalue weighted by atomic mass is 14.4. The van der Waals surface area contributed by atoms with Crippen LogP contribution in [0.1, 0.15) is 117 Å². The van der Waals surface area contributed by atoms with Gasteiger partial charge in [-0.1, -0.05) is 137 Å². The van der Waals surface area contributed by atoms with Gasteiger partial charge in [0.25, 0.3) is 0 Å².